The van der Waals surface area contributed by atoms with Crippen molar-refractivity contribution in [3.8, 4) is 5.75 Å². The second-order valence-corrected chi connectivity index (χ2v) is 9.27. The van der Waals surface area contributed by atoms with Crippen molar-refractivity contribution in [2.24, 2.45) is 0 Å². The highest BCUT2D eigenvalue weighted by Crippen LogP contribution is 2.39. The van der Waals surface area contributed by atoms with E-state index in [-0.39, 0.29) is 5.41 Å². The normalized spacial score (nSPS) is 16.3. The molecule has 4 nitrogen and oxygen atoms in total. The third kappa shape index (κ3) is 3.89. The van der Waals surface area contributed by atoms with Gasteiger partial charge in [-0.2, -0.15) is 0 Å². The Morgan fingerprint density at radius 3 is 2.50 bits per heavy atom. The zero-order chi connectivity index (χ0) is 22.1. The minimum atomic E-state index is 0.0843. The van der Waals surface area contributed by atoms with Crippen molar-refractivity contribution in [2.75, 3.05) is 39.1 Å². The van der Waals surface area contributed by atoms with Crippen LogP contribution in [0.5, 0.6) is 5.75 Å². The van der Waals surface area contributed by atoms with Gasteiger partial charge in [0.25, 0.3) is 0 Å². The lowest BCUT2D eigenvalue weighted by Gasteiger charge is -2.41. The number of fused-ring (bicyclic) bond motifs is 2. The van der Waals surface area contributed by atoms with E-state index in [0.717, 1.165) is 65.7 Å². The summed E-state index contributed by atoms with van der Waals surface area (Å²) in [6, 6.07) is 22.9. The first kappa shape index (κ1) is 21.0. The van der Waals surface area contributed by atoms with Crippen molar-refractivity contribution in [1.29, 1.82) is 0 Å². The van der Waals surface area contributed by atoms with Crippen molar-refractivity contribution in [3.63, 3.8) is 0 Å². The predicted octanol–water partition coefficient (Wildman–Crippen LogP) is 6.13. The van der Waals surface area contributed by atoms with Crippen molar-refractivity contribution in [3.05, 3.63) is 77.3 Å². The summed E-state index contributed by atoms with van der Waals surface area (Å²) in [4.78, 5) is 7.29. The topological polar surface area (TPSA) is 37.4 Å². The first-order valence-corrected chi connectivity index (χ1v) is 11.5. The van der Waals surface area contributed by atoms with Crippen molar-refractivity contribution < 1.29 is 4.74 Å². The maximum atomic E-state index is 6.30. The van der Waals surface area contributed by atoms with Crippen LogP contribution in [-0.2, 0) is 5.41 Å². The molecule has 1 fully saturated rings. The van der Waals surface area contributed by atoms with Crippen LogP contribution in [0.15, 0.2) is 66.7 Å². The number of rotatable bonds is 5. The second-order valence-electron chi connectivity index (χ2n) is 8.83. The fraction of sp³-hybridized carbons (Fsp3) is 0.296. The van der Waals surface area contributed by atoms with Crippen molar-refractivity contribution >= 4 is 39.1 Å². The Balaban J connectivity index is 1.61. The number of hydrogen-bond acceptors (Lipinski definition) is 4. The Morgan fingerprint density at radius 1 is 0.969 bits per heavy atom. The molecular formula is C27H28ClN3O. The number of piperidine rings is 1. The van der Waals surface area contributed by atoms with Crippen LogP contribution in [-0.4, -0.2) is 43.7 Å². The van der Waals surface area contributed by atoms with Crippen LogP contribution in [0.25, 0.3) is 21.8 Å². The maximum absolute atomic E-state index is 6.30. The fourth-order valence-corrected chi connectivity index (χ4v) is 5.04. The fourth-order valence-electron chi connectivity index (χ4n) is 4.88. The average molecular weight is 446 g/mol. The van der Waals surface area contributed by atoms with Gasteiger partial charge in [-0.25, -0.2) is 4.98 Å². The van der Waals surface area contributed by atoms with Gasteiger partial charge in [0.2, 0.25) is 0 Å². The van der Waals surface area contributed by atoms with E-state index >= 15 is 0 Å². The first-order valence-electron chi connectivity index (χ1n) is 11.1. The number of nitrogens with one attached hydrogen (secondary N) is 1. The second kappa shape index (κ2) is 8.61. The molecule has 0 saturated carbocycles. The Morgan fingerprint density at radius 2 is 1.75 bits per heavy atom. The van der Waals surface area contributed by atoms with E-state index in [1.807, 2.05) is 24.3 Å². The van der Waals surface area contributed by atoms with Gasteiger partial charge in [-0.1, -0.05) is 41.9 Å². The van der Waals surface area contributed by atoms with Gasteiger partial charge in [0, 0.05) is 27.8 Å². The van der Waals surface area contributed by atoms with E-state index in [1.165, 1.54) is 5.56 Å². The highest BCUT2D eigenvalue weighted by molar-refractivity contribution is 6.31. The average Bonchev–Trinajstić information content (AvgIpc) is 2.83. The molecule has 1 saturated heterocycles. The molecule has 1 aliphatic rings. The minimum Gasteiger partial charge on any atom is -0.497 e. The number of nitrogens with zero attached hydrogens (tertiary/aromatic N) is 2. The molecule has 5 heteroatoms. The molecule has 0 amide bonds. The molecule has 1 aliphatic heterocycles. The summed E-state index contributed by atoms with van der Waals surface area (Å²) in [6.07, 6.45) is 2.24. The summed E-state index contributed by atoms with van der Waals surface area (Å²) >= 11 is 6.30. The molecule has 5 rings (SSSR count). The Bertz CT molecular complexity index is 1250. The Labute approximate surface area is 194 Å². The molecular weight excluding hydrogens is 418 g/mol. The SMILES string of the molecule is COc1ccc2nc3cc(Cl)ccc3c(NCC3(c4ccccc4)CCN(C)CC3)c2c1. The lowest BCUT2D eigenvalue weighted by molar-refractivity contribution is 0.195. The van der Waals surface area contributed by atoms with E-state index in [2.05, 4.69) is 59.7 Å². The lowest BCUT2D eigenvalue weighted by Crippen LogP contribution is -2.45. The third-order valence-electron chi connectivity index (χ3n) is 6.88. The van der Waals surface area contributed by atoms with Gasteiger partial charge >= 0.3 is 0 Å². The number of anilines is 1. The summed E-state index contributed by atoms with van der Waals surface area (Å²) in [6.45, 7) is 3.05. The van der Waals surface area contributed by atoms with Crippen LogP contribution in [0.2, 0.25) is 5.02 Å². The minimum absolute atomic E-state index is 0.0843. The van der Waals surface area contributed by atoms with E-state index in [9.17, 15) is 0 Å². The van der Waals surface area contributed by atoms with Gasteiger partial charge in [0.05, 0.1) is 23.8 Å². The smallest absolute Gasteiger partial charge is 0.119 e. The Hall–Kier alpha value is -2.82. The zero-order valence-electron chi connectivity index (χ0n) is 18.6. The number of pyridine rings is 1. The van der Waals surface area contributed by atoms with Gasteiger partial charge in [0.1, 0.15) is 5.75 Å². The van der Waals surface area contributed by atoms with Crippen molar-refractivity contribution in [2.45, 2.75) is 18.3 Å². The molecule has 0 radical (unpaired) electrons. The number of ether oxygens (including phenoxy) is 1. The van der Waals surface area contributed by atoms with E-state index in [0.29, 0.717) is 5.02 Å². The molecule has 1 aromatic heterocycles. The van der Waals surface area contributed by atoms with Crippen LogP contribution in [0.3, 0.4) is 0 Å². The molecule has 0 spiro atoms. The van der Waals surface area contributed by atoms with E-state index in [4.69, 9.17) is 21.3 Å². The standard InChI is InChI=1S/C27H28ClN3O/c1-31-14-12-27(13-15-31,19-6-4-3-5-7-19)18-29-26-22-10-8-20(28)16-25(22)30-24-11-9-21(32-2)17-23(24)26/h3-11,16-17H,12-15,18H2,1-2H3,(H,29,30). The third-order valence-corrected chi connectivity index (χ3v) is 7.11. The molecule has 1 N–H and O–H groups in total. The van der Waals surface area contributed by atoms with Crippen LogP contribution >= 0.6 is 11.6 Å². The van der Waals surface area contributed by atoms with Crippen LogP contribution in [0.4, 0.5) is 5.69 Å². The highest BCUT2D eigenvalue weighted by atomic mass is 35.5. The molecule has 164 valence electrons. The molecule has 0 unspecified atom stereocenters. The Kier molecular flexibility index (Phi) is 5.66. The summed E-state index contributed by atoms with van der Waals surface area (Å²) in [5, 5.41) is 6.70. The number of hydrogen-bond donors (Lipinski definition) is 1. The number of halogens is 1. The summed E-state index contributed by atoms with van der Waals surface area (Å²) in [7, 11) is 3.91. The molecule has 0 bridgehead atoms. The summed E-state index contributed by atoms with van der Waals surface area (Å²) in [5.74, 6) is 0.827. The number of benzene rings is 3. The van der Waals surface area contributed by atoms with Gasteiger partial charge in [0.15, 0.2) is 0 Å². The quantitative estimate of drug-likeness (QED) is 0.375. The molecule has 4 aromatic rings. The number of methoxy groups -OCH3 is 1. The van der Waals surface area contributed by atoms with Crippen LogP contribution in [0.1, 0.15) is 18.4 Å². The number of likely N-dealkylation sites (tertiary alicyclic amines) is 1. The maximum Gasteiger partial charge on any atom is 0.119 e. The summed E-state index contributed by atoms with van der Waals surface area (Å²) in [5.41, 5.74) is 4.41. The van der Waals surface area contributed by atoms with E-state index < -0.39 is 0 Å². The molecule has 0 atom stereocenters. The van der Waals surface area contributed by atoms with Crippen molar-refractivity contribution in [1.82, 2.24) is 9.88 Å². The van der Waals surface area contributed by atoms with Crippen LogP contribution < -0.4 is 10.1 Å². The summed E-state index contributed by atoms with van der Waals surface area (Å²) < 4.78 is 5.52. The molecule has 0 aliphatic carbocycles. The molecule has 32 heavy (non-hydrogen) atoms. The van der Waals surface area contributed by atoms with Gasteiger partial charge in [-0.3, -0.25) is 0 Å². The first-order chi connectivity index (χ1) is 15.6. The number of aromatic nitrogens is 1. The van der Waals surface area contributed by atoms with E-state index in [1.54, 1.807) is 7.11 Å². The predicted molar refractivity (Wildman–Crippen MR) is 134 cm³/mol. The van der Waals surface area contributed by atoms with Crippen LogP contribution in [0, 0.1) is 0 Å². The van der Waals surface area contributed by atoms with Gasteiger partial charge < -0.3 is 15.0 Å². The zero-order valence-corrected chi connectivity index (χ0v) is 19.3. The monoisotopic (exact) mass is 445 g/mol. The van der Waals surface area contributed by atoms with Gasteiger partial charge in [-0.05, 0) is 74.9 Å². The van der Waals surface area contributed by atoms with Gasteiger partial charge in [-0.15, -0.1) is 0 Å². The lowest BCUT2D eigenvalue weighted by atomic mass is 9.72. The largest absolute Gasteiger partial charge is 0.497 e. The highest BCUT2D eigenvalue weighted by Gasteiger charge is 2.35. The molecule has 2 heterocycles. The molecule has 3 aromatic carbocycles.